The molecule has 3 aromatic carbocycles. The van der Waals surface area contributed by atoms with Gasteiger partial charge in [0.1, 0.15) is 11.3 Å². The summed E-state index contributed by atoms with van der Waals surface area (Å²) in [7, 11) is 0. The molecule has 0 bridgehead atoms. The summed E-state index contributed by atoms with van der Waals surface area (Å²) in [5.74, 6) is 1.45. The van der Waals surface area contributed by atoms with E-state index >= 15 is 0 Å². The minimum absolute atomic E-state index is 0.0556. The molecule has 0 saturated carbocycles. The molecule has 1 N–H and O–H groups in total. The minimum Gasteiger partial charge on any atom is -0.484 e. The Morgan fingerprint density at radius 1 is 1.00 bits per heavy atom. The van der Waals surface area contributed by atoms with Gasteiger partial charge in [-0.1, -0.05) is 52.8 Å². The van der Waals surface area contributed by atoms with Crippen LogP contribution in [-0.2, 0) is 10.2 Å². The lowest BCUT2D eigenvalue weighted by molar-refractivity contribution is -0.118. The maximum Gasteiger partial charge on any atom is 0.262 e. The molecule has 0 fully saturated rings. The number of fused-ring (bicyclic) bond motifs is 1. The van der Waals surface area contributed by atoms with Gasteiger partial charge in [-0.3, -0.25) is 4.79 Å². The predicted octanol–water partition coefficient (Wildman–Crippen LogP) is 6.93. The maximum atomic E-state index is 12.3. The van der Waals surface area contributed by atoms with Crippen molar-refractivity contribution in [2.24, 2.45) is 0 Å². The molecule has 0 aliphatic heterocycles. The number of nitrogens with one attached hydrogen (secondary N) is 1. The number of anilines is 1. The number of amides is 1. The molecule has 1 amide bonds. The summed E-state index contributed by atoms with van der Waals surface area (Å²) in [4.78, 5) is 16.9. The van der Waals surface area contributed by atoms with Crippen LogP contribution in [-0.4, -0.2) is 17.5 Å². The molecule has 5 nitrogen and oxygen atoms in total. The van der Waals surface area contributed by atoms with Crippen LogP contribution in [0.3, 0.4) is 0 Å². The van der Waals surface area contributed by atoms with E-state index in [-0.39, 0.29) is 17.9 Å². The van der Waals surface area contributed by atoms with Crippen molar-refractivity contribution in [2.75, 3.05) is 11.9 Å². The maximum absolute atomic E-state index is 12.3. The molecule has 5 heteroatoms. The Kier molecular flexibility index (Phi) is 6.23. The van der Waals surface area contributed by atoms with Gasteiger partial charge in [0.15, 0.2) is 12.2 Å². The lowest BCUT2D eigenvalue weighted by Crippen LogP contribution is -2.20. The molecular formula is C28H30N2O3. The van der Waals surface area contributed by atoms with E-state index in [0.717, 1.165) is 16.7 Å². The molecule has 0 unspecified atom stereocenters. The molecule has 0 aliphatic rings. The fourth-order valence-electron chi connectivity index (χ4n) is 3.52. The third kappa shape index (κ3) is 5.43. The fraction of sp³-hybridized carbons (Fsp3) is 0.286. The minimum atomic E-state index is -0.217. The summed E-state index contributed by atoms with van der Waals surface area (Å²) in [6, 6.07) is 21.4. The third-order valence-corrected chi connectivity index (χ3v) is 5.58. The van der Waals surface area contributed by atoms with Gasteiger partial charge in [0.25, 0.3) is 5.91 Å². The van der Waals surface area contributed by atoms with Crippen LogP contribution >= 0.6 is 0 Å². The largest absolute Gasteiger partial charge is 0.484 e. The Morgan fingerprint density at radius 3 is 2.33 bits per heavy atom. The van der Waals surface area contributed by atoms with Gasteiger partial charge in [-0.2, -0.15) is 0 Å². The predicted molar refractivity (Wildman–Crippen MR) is 133 cm³/mol. The monoisotopic (exact) mass is 442 g/mol. The average Bonchev–Trinajstić information content (AvgIpc) is 3.21. The second-order valence-electron chi connectivity index (χ2n) is 9.59. The van der Waals surface area contributed by atoms with E-state index < -0.39 is 0 Å². The number of carbonyl (C=O) groups is 1. The van der Waals surface area contributed by atoms with Gasteiger partial charge in [-0.15, -0.1) is 0 Å². The van der Waals surface area contributed by atoms with Crippen LogP contribution in [0, 0.1) is 0 Å². The molecule has 0 radical (unpaired) electrons. The van der Waals surface area contributed by atoms with Crippen LogP contribution in [0.4, 0.5) is 5.69 Å². The summed E-state index contributed by atoms with van der Waals surface area (Å²) in [5.41, 5.74) is 5.68. The lowest BCUT2D eigenvalue weighted by atomic mass is 9.87. The molecule has 1 heterocycles. The molecule has 0 saturated heterocycles. The van der Waals surface area contributed by atoms with Crippen molar-refractivity contribution in [1.29, 1.82) is 0 Å². The van der Waals surface area contributed by atoms with Crippen LogP contribution in [0.15, 0.2) is 71.1 Å². The number of oxazole rings is 1. The quantitative estimate of drug-likeness (QED) is 0.351. The molecular weight excluding hydrogens is 412 g/mol. The smallest absolute Gasteiger partial charge is 0.262 e. The standard InChI is InChI=1S/C28H30N2O3/c1-18(2)20-8-15-25-24(16-20)30-27(33-25)19-6-11-22(12-7-19)29-26(31)17-32-23-13-9-21(10-14-23)28(3,4)5/h6-16,18H,17H2,1-5H3,(H,29,31). The van der Waals surface area contributed by atoms with Crippen molar-refractivity contribution < 1.29 is 13.9 Å². The second kappa shape index (κ2) is 9.10. The SMILES string of the molecule is CC(C)c1ccc2oc(-c3ccc(NC(=O)COc4ccc(C(C)(C)C)cc4)cc3)nc2c1. The molecule has 0 aliphatic carbocycles. The number of hydrogen-bond donors (Lipinski definition) is 1. The molecule has 170 valence electrons. The fourth-order valence-corrected chi connectivity index (χ4v) is 3.52. The van der Waals surface area contributed by atoms with Crippen molar-refractivity contribution in [2.45, 2.75) is 46.0 Å². The lowest BCUT2D eigenvalue weighted by Gasteiger charge is -2.19. The van der Waals surface area contributed by atoms with E-state index in [1.54, 1.807) is 0 Å². The molecule has 4 aromatic rings. The highest BCUT2D eigenvalue weighted by atomic mass is 16.5. The van der Waals surface area contributed by atoms with E-state index in [1.165, 1.54) is 11.1 Å². The second-order valence-corrected chi connectivity index (χ2v) is 9.59. The highest BCUT2D eigenvalue weighted by Gasteiger charge is 2.14. The van der Waals surface area contributed by atoms with Crippen molar-refractivity contribution in [3.63, 3.8) is 0 Å². The van der Waals surface area contributed by atoms with Gasteiger partial charge in [-0.25, -0.2) is 4.98 Å². The number of nitrogens with zero attached hydrogens (tertiary/aromatic N) is 1. The van der Waals surface area contributed by atoms with Gasteiger partial charge in [-0.05, 0) is 71.0 Å². The van der Waals surface area contributed by atoms with Crippen LogP contribution in [0.1, 0.15) is 51.7 Å². The van der Waals surface area contributed by atoms with E-state index in [9.17, 15) is 4.79 Å². The van der Waals surface area contributed by atoms with Crippen LogP contribution in [0.5, 0.6) is 5.75 Å². The number of aromatic nitrogens is 1. The summed E-state index contributed by atoms with van der Waals surface area (Å²) in [6.45, 7) is 10.7. The van der Waals surface area contributed by atoms with Gasteiger partial charge in [0.2, 0.25) is 5.89 Å². The highest BCUT2D eigenvalue weighted by Crippen LogP contribution is 2.28. The number of hydrogen-bond acceptors (Lipinski definition) is 4. The summed E-state index contributed by atoms with van der Waals surface area (Å²) >= 11 is 0. The first-order valence-electron chi connectivity index (χ1n) is 11.2. The first-order valence-corrected chi connectivity index (χ1v) is 11.2. The molecule has 4 rings (SSSR count). The first-order chi connectivity index (χ1) is 15.7. The van der Waals surface area contributed by atoms with Crippen LogP contribution in [0.25, 0.3) is 22.6 Å². The van der Waals surface area contributed by atoms with E-state index in [1.807, 2.05) is 54.6 Å². The van der Waals surface area contributed by atoms with Gasteiger partial charge in [0.05, 0.1) is 0 Å². The van der Waals surface area contributed by atoms with E-state index in [0.29, 0.717) is 23.2 Å². The number of carbonyl (C=O) groups excluding carboxylic acids is 1. The van der Waals surface area contributed by atoms with Crippen molar-refractivity contribution in [3.8, 4) is 17.2 Å². The Labute approximate surface area is 194 Å². The van der Waals surface area contributed by atoms with Crippen LogP contribution in [0.2, 0.25) is 0 Å². The van der Waals surface area contributed by atoms with Gasteiger partial charge in [0, 0.05) is 11.3 Å². The van der Waals surface area contributed by atoms with E-state index in [2.05, 4.69) is 57.1 Å². The Morgan fingerprint density at radius 2 is 1.70 bits per heavy atom. The first kappa shape index (κ1) is 22.6. The third-order valence-electron chi connectivity index (χ3n) is 5.58. The zero-order valence-electron chi connectivity index (χ0n) is 19.8. The topological polar surface area (TPSA) is 64.4 Å². The molecule has 1 aromatic heterocycles. The number of rotatable bonds is 6. The Bertz CT molecular complexity index is 1250. The van der Waals surface area contributed by atoms with Crippen molar-refractivity contribution in [1.82, 2.24) is 4.98 Å². The average molecular weight is 443 g/mol. The summed E-state index contributed by atoms with van der Waals surface area (Å²) in [6.07, 6.45) is 0. The molecule has 33 heavy (non-hydrogen) atoms. The zero-order valence-corrected chi connectivity index (χ0v) is 19.8. The molecule has 0 spiro atoms. The number of ether oxygens (including phenoxy) is 1. The van der Waals surface area contributed by atoms with Gasteiger partial charge >= 0.3 is 0 Å². The Balaban J connectivity index is 1.36. The highest BCUT2D eigenvalue weighted by molar-refractivity contribution is 5.92. The zero-order chi connectivity index (χ0) is 23.6. The molecule has 0 atom stereocenters. The Hall–Kier alpha value is -3.60. The van der Waals surface area contributed by atoms with Crippen molar-refractivity contribution in [3.05, 3.63) is 77.9 Å². The number of benzene rings is 3. The van der Waals surface area contributed by atoms with Crippen molar-refractivity contribution >= 4 is 22.7 Å². The normalized spacial score (nSPS) is 11.7. The summed E-state index contributed by atoms with van der Waals surface area (Å²) in [5, 5.41) is 2.86. The summed E-state index contributed by atoms with van der Waals surface area (Å²) < 4.78 is 11.5. The van der Waals surface area contributed by atoms with Crippen LogP contribution < -0.4 is 10.1 Å². The van der Waals surface area contributed by atoms with Gasteiger partial charge < -0.3 is 14.5 Å². The van der Waals surface area contributed by atoms with E-state index in [4.69, 9.17) is 9.15 Å².